The van der Waals surface area contributed by atoms with E-state index in [-0.39, 0.29) is 11.2 Å². The van der Waals surface area contributed by atoms with Crippen LogP contribution in [0.1, 0.15) is 6.23 Å². The van der Waals surface area contributed by atoms with Crippen LogP contribution in [0.25, 0.3) is 11.2 Å². The van der Waals surface area contributed by atoms with Gasteiger partial charge in [-0.25, -0.2) is 14.5 Å². The van der Waals surface area contributed by atoms with E-state index >= 15 is 0 Å². The summed E-state index contributed by atoms with van der Waals surface area (Å²) in [7, 11) is -3.26. The van der Waals surface area contributed by atoms with Crippen LogP contribution in [0.3, 0.4) is 0 Å². The molecule has 0 aliphatic carbocycles. The average Bonchev–Trinajstić information content (AvgIpc) is 3.10. The van der Waals surface area contributed by atoms with Crippen LogP contribution >= 0.6 is 7.82 Å². The lowest BCUT2D eigenvalue weighted by Crippen LogP contribution is -2.33. The maximum absolute atomic E-state index is 11.6. The first-order valence-electron chi connectivity index (χ1n) is 6.79. The lowest BCUT2D eigenvalue weighted by Gasteiger charge is -2.16. The maximum atomic E-state index is 11.6. The molecule has 2 aromatic rings. The van der Waals surface area contributed by atoms with Gasteiger partial charge in [-0.2, -0.15) is 0 Å². The summed E-state index contributed by atoms with van der Waals surface area (Å²) in [6, 6.07) is 0. The second kappa shape index (κ2) is 6.33. The third-order valence-corrected chi connectivity index (χ3v) is 4.55. The standard InChI is InChI=1S/C11H15N4O8P/c1-21-24(19,20)22-2-5-7(16)8(17)11(23-5)15-4-14-6-9(15)12-3-13-10(6)18/h3-5,7-8,11,16-17H,2H2,1H3,(H,19,20)(H,12,13,18). The number of aromatic amines is 1. The van der Waals surface area contributed by atoms with E-state index in [1.165, 1.54) is 17.2 Å². The highest BCUT2D eigenvalue weighted by Crippen LogP contribution is 2.43. The molecule has 1 aliphatic heterocycles. The SMILES string of the molecule is COP(=O)(O)OCC1OC(n2cnc3c(=O)[nH]cnc32)C(O)C1O. The Balaban J connectivity index is 1.83. The number of phosphoric ester groups is 1. The van der Waals surface area contributed by atoms with Crippen LogP contribution in [0.4, 0.5) is 0 Å². The molecule has 3 rings (SSSR count). The minimum absolute atomic E-state index is 0.0433. The van der Waals surface area contributed by atoms with E-state index < -0.39 is 44.5 Å². The Morgan fingerprint density at radius 3 is 2.88 bits per heavy atom. The summed E-state index contributed by atoms with van der Waals surface area (Å²) >= 11 is 0. The quantitative estimate of drug-likeness (QED) is 0.459. The summed E-state index contributed by atoms with van der Waals surface area (Å²) < 4.78 is 27.0. The molecule has 0 bridgehead atoms. The van der Waals surface area contributed by atoms with Gasteiger partial charge in [-0.3, -0.25) is 18.4 Å². The molecule has 132 valence electrons. The molecule has 5 atom stereocenters. The van der Waals surface area contributed by atoms with Crippen molar-refractivity contribution in [3.63, 3.8) is 0 Å². The molecule has 13 heteroatoms. The molecule has 1 aliphatic rings. The van der Waals surface area contributed by atoms with Gasteiger partial charge < -0.3 is 24.8 Å². The Morgan fingerprint density at radius 1 is 1.42 bits per heavy atom. The number of hydrogen-bond acceptors (Lipinski definition) is 9. The number of aliphatic hydroxyl groups is 2. The van der Waals surface area contributed by atoms with Gasteiger partial charge in [0, 0.05) is 7.11 Å². The van der Waals surface area contributed by atoms with Crippen LogP contribution in [0.5, 0.6) is 0 Å². The highest BCUT2D eigenvalue weighted by Gasteiger charge is 2.45. The number of phosphoric acid groups is 1. The second-order valence-corrected chi connectivity index (χ2v) is 6.61. The van der Waals surface area contributed by atoms with Gasteiger partial charge in [0.15, 0.2) is 17.4 Å². The molecule has 3 heterocycles. The van der Waals surface area contributed by atoms with E-state index in [2.05, 4.69) is 24.0 Å². The zero-order chi connectivity index (χ0) is 17.5. The van der Waals surface area contributed by atoms with Crippen LogP contribution in [-0.4, -0.2) is 66.7 Å². The molecule has 1 saturated heterocycles. The van der Waals surface area contributed by atoms with Gasteiger partial charge in [0.1, 0.15) is 18.3 Å². The van der Waals surface area contributed by atoms with Gasteiger partial charge in [0.05, 0.1) is 19.3 Å². The highest BCUT2D eigenvalue weighted by atomic mass is 31.2. The first kappa shape index (κ1) is 17.2. The summed E-state index contributed by atoms with van der Waals surface area (Å²) in [6.45, 7) is -0.489. The summed E-state index contributed by atoms with van der Waals surface area (Å²) in [5, 5.41) is 20.2. The molecule has 5 unspecified atom stereocenters. The molecular formula is C11H15N4O8P. The molecule has 4 N–H and O–H groups in total. The molecule has 2 aromatic heterocycles. The van der Waals surface area contributed by atoms with Crippen LogP contribution in [0.2, 0.25) is 0 Å². The number of nitrogens with one attached hydrogen (secondary N) is 1. The maximum Gasteiger partial charge on any atom is 0.472 e. The number of ether oxygens (including phenoxy) is 1. The molecule has 0 radical (unpaired) electrons. The number of fused-ring (bicyclic) bond motifs is 1. The Labute approximate surface area is 134 Å². The Morgan fingerprint density at radius 2 is 2.17 bits per heavy atom. The zero-order valence-corrected chi connectivity index (χ0v) is 13.2. The van der Waals surface area contributed by atoms with Crippen molar-refractivity contribution in [1.82, 2.24) is 19.5 Å². The summed E-state index contributed by atoms with van der Waals surface area (Å²) in [5.74, 6) is 0. The smallest absolute Gasteiger partial charge is 0.387 e. The van der Waals surface area contributed by atoms with E-state index in [1.54, 1.807) is 0 Å². The lowest BCUT2D eigenvalue weighted by molar-refractivity contribution is -0.0509. The van der Waals surface area contributed by atoms with Crippen LogP contribution in [-0.2, 0) is 18.3 Å². The van der Waals surface area contributed by atoms with Crippen molar-refractivity contribution in [1.29, 1.82) is 0 Å². The third kappa shape index (κ3) is 3.00. The highest BCUT2D eigenvalue weighted by molar-refractivity contribution is 7.47. The zero-order valence-electron chi connectivity index (χ0n) is 12.3. The van der Waals surface area contributed by atoms with E-state index in [0.717, 1.165) is 7.11 Å². The summed E-state index contributed by atoms with van der Waals surface area (Å²) in [4.78, 5) is 31.1. The number of imidazole rings is 1. The van der Waals surface area contributed by atoms with Gasteiger partial charge in [-0.05, 0) is 0 Å². The van der Waals surface area contributed by atoms with Crippen LogP contribution < -0.4 is 5.56 Å². The minimum Gasteiger partial charge on any atom is -0.387 e. The first-order valence-corrected chi connectivity index (χ1v) is 8.28. The van der Waals surface area contributed by atoms with E-state index in [0.29, 0.717) is 0 Å². The van der Waals surface area contributed by atoms with Crippen molar-refractivity contribution in [2.75, 3.05) is 13.7 Å². The third-order valence-electron chi connectivity index (χ3n) is 3.61. The molecule has 0 spiro atoms. The fourth-order valence-electron chi connectivity index (χ4n) is 2.37. The number of rotatable bonds is 5. The molecule has 12 nitrogen and oxygen atoms in total. The van der Waals surface area contributed by atoms with Crippen molar-refractivity contribution in [3.8, 4) is 0 Å². The summed E-state index contributed by atoms with van der Waals surface area (Å²) in [6.07, 6.45) is -2.58. The molecule has 0 saturated carbocycles. The number of H-pyrrole nitrogens is 1. The van der Waals surface area contributed by atoms with Gasteiger partial charge in [-0.1, -0.05) is 0 Å². The fraction of sp³-hybridized carbons (Fsp3) is 0.545. The largest absolute Gasteiger partial charge is 0.472 e. The van der Waals surface area contributed by atoms with E-state index in [4.69, 9.17) is 4.74 Å². The number of hydrogen-bond donors (Lipinski definition) is 4. The van der Waals surface area contributed by atoms with Gasteiger partial charge in [-0.15, -0.1) is 0 Å². The number of nitrogens with zero attached hydrogens (tertiary/aromatic N) is 3. The minimum atomic E-state index is -4.25. The molecule has 1 fully saturated rings. The molecule has 0 aromatic carbocycles. The van der Waals surface area contributed by atoms with Crippen molar-refractivity contribution < 1.29 is 33.5 Å². The molecule has 24 heavy (non-hydrogen) atoms. The lowest BCUT2D eigenvalue weighted by atomic mass is 10.1. The van der Waals surface area contributed by atoms with Crippen LogP contribution in [0, 0.1) is 0 Å². The average molecular weight is 362 g/mol. The predicted molar refractivity (Wildman–Crippen MR) is 76.9 cm³/mol. The molecular weight excluding hydrogens is 347 g/mol. The van der Waals surface area contributed by atoms with Gasteiger partial charge in [0.25, 0.3) is 5.56 Å². The van der Waals surface area contributed by atoms with E-state index in [1.807, 2.05) is 0 Å². The first-order chi connectivity index (χ1) is 11.3. The Hall–Kier alpha value is -1.66. The second-order valence-electron chi connectivity index (χ2n) is 5.05. The Kier molecular flexibility index (Phi) is 4.53. The van der Waals surface area contributed by atoms with Gasteiger partial charge in [0.2, 0.25) is 0 Å². The van der Waals surface area contributed by atoms with Crippen molar-refractivity contribution in [2.24, 2.45) is 0 Å². The van der Waals surface area contributed by atoms with Crippen molar-refractivity contribution in [3.05, 3.63) is 23.0 Å². The topological polar surface area (TPSA) is 169 Å². The van der Waals surface area contributed by atoms with Gasteiger partial charge >= 0.3 is 7.82 Å². The Bertz CT molecular complexity index is 837. The molecule has 0 amide bonds. The monoisotopic (exact) mass is 362 g/mol. The summed E-state index contributed by atoms with van der Waals surface area (Å²) in [5.41, 5.74) is -0.268. The van der Waals surface area contributed by atoms with Crippen LogP contribution in [0.15, 0.2) is 17.4 Å². The van der Waals surface area contributed by atoms with Crippen molar-refractivity contribution >= 4 is 19.0 Å². The predicted octanol–water partition coefficient (Wildman–Crippen LogP) is -1.50. The normalized spacial score (nSPS) is 29.8. The van der Waals surface area contributed by atoms with E-state index in [9.17, 15) is 24.5 Å². The number of aliphatic hydroxyl groups excluding tert-OH is 2. The number of aromatic nitrogens is 4. The fourth-order valence-corrected chi connectivity index (χ4v) is 2.81. The van der Waals surface area contributed by atoms with Crippen molar-refractivity contribution in [2.45, 2.75) is 24.5 Å².